The molecule has 1 aromatic carbocycles. The van der Waals surface area contributed by atoms with Gasteiger partial charge in [-0.15, -0.1) is 0 Å². The maximum atomic E-state index is 9.02. The van der Waals surface area contributed by atoms with Gasteiger partial charge in [-0.05, 0) is 31.5 Å². The number of nitriles is 1. The van der Waals surface area contributed by atoms with Crippen molar-refractivity contribution in [1.82, 2.24) is 0 Å². The van der Waals surface area contributed by atoms with Crippen LogP contribution in [0.15, 0.2) is 22.7 Å². The average Bonchev–Trinajstić information content (AvgIpc) is 2.28. The quantitative estimate of drug-likeness (QED) is 0.872. The number of hydrogen-bond acceptors (Lipinski definition) is 2. The topological polar surface area (TPSA) is 35.8 Å². The first-order valence-electron chi connectivity index (χ1n) is 5.63. The third-order valence-corrected chi connectivity index (χ3v) is 2.99. The molecule has 0 radical (unpaired) electrons. The number of halogens is 1. The molecule has 0 heterocycles. The fourth-order valence-corrected chi connectivity index (χ4v) is 1.94. The van der Waals surface area contributed by atoms with E-state index in [0.29, 0.717) is 11.6 Å². The summed E-state index contributed by atoms with van der Waals surface area (Å²) in [6, 6.07) is 8.36. The van der Waals surface area contributed by atoms with Gasteiger partial charge in [-0.2, -0.15) is 5.26 Å². The number of hydrogen-bond donors (Lipinski definition) is 1. The molecule has 0 amide bonds. The number of anilines is 1. The predicted octanol–water partition coefficient (Wildman–Crippen LogP) is 4.31. The molecule has 0 saturated carbocycles. The molecule has 1 rings (SSSR count). The Bertz CT molecular complexity index is 382. The second-order valence-electron chi connectivity index (χ2n) is 3.99. The molecule has 0 aliphatic heterocycles. The van der Waals surface area contributed by atoms with Crippen molar-refractivity contribution in [1.29, 1.82) is 5.26 Å². The molecular weight excluding hydrogens is 264 g/mol. The van der Waals surface area contributed by atoms with Gasteiger partial charge in [-0.3, -0.25) is 0 Å². The molecule has 1 unspecified atom stereocenters. The van der Waals surface area contributed by atoms with Gasteiger partial charge in [0.1, 0.15) is 6.07 Å². The number of unbranched alkanes of at least 4 members (excludes halogenated alkanes) is 1. The van der Waals surface area contributed by atoms with E-state index in [4.69, 9.17) is 5.26 Å². The normalized spacial score (nSPS) is 11.9. The van der Waals surface area contributed by atoms with Gasteiger partial charge in [0.25, 0.3) is 0 Å². The van der Waals surface area contributed by atoms with Crippen molar-refractivity contribution in [2.75, 3.05) is 5.32 Å². The fourth-order valence-electron chi connectivity index (χ4n) is 1.58. The molecule has 0 spiro atoms. The summed E-state index contributed by atoms with van der Waals surface area (Å²) in [5, 5.41) is 12.4. The van der Waals surface area contributed by atoms with Crippen molar-refractivity contribution in [3.63, 3.8) is 0 Å². The zero-order valence-corrected chi connectivity index (χ0v) is 11.3. The number of rotatable bonds is 5. The van der Waals surface area contributed by atoms with Gasteiger partial charge in [-0.25, -0.2) is 0 Å². The lowest BCUT2D eigenvalue weighted by molar-refractivity contribution is 0.645. The van der Waals surface area contributed by atoms with E-state index in [2.05, 4.69) is 41.2 Å². The highest BCUT2D eigenvalue weighted by atomic mass is 79.9. The van der Waals surface area contributed by atoms with Crippen LogP contribution < -0.4 is 5.32 Å². The van der Waals surface area contributed by atoms with Crippen LogP contribution in [0.5, 0.6) is 0 Å². The van der Waals surface area contributed by atoms with E-state index in [1.807, 2.05) is 18.2 Å². The van der Waals surface area contributed by atoms with E-state index in [1.54, 1.807) is 0 Å². The Labute approximate surface area is 106 Å². The lowest BCUT2D eigenvalue weighted by atomic mass is 10.1. The summed E-state index contributed by atoms with van der Waals surface area (Å²) in [5.74, 6) is 0. The van der Waals surface area contributed by atoms with Gasteiger partial charge >= 0.3 is 0 Å². The van der Waals surface area contributed by atoms with Gasteiger partial charge in [0.05, 0.1) is 11.3 Å². The van der Waals surface area contributed by atoms with Crippen molar-refractivity contribution in [2.24, 2.45) is 0 Å². The minimum absolute atomic E-state index is 0.410. The van der Waals surface area contributed by atoms with Gasteiger partial charge in [0.15, 0.2) is 0 Å². The van der Waals surface area contributed by atoms with Crippen LogP contribution in [0.25, 0.3) is 0 Å². The highest BCUT2D eigenvalue weighted by molar-refractivity contribution is 9.10. The Morgan fingerprint density at radius 3 is 2.88 bits per heavy atom. The lowest BCUT2D eigenvalue weighted by Crippen LogP contribution is -2.15. The molecule has 0 aromatic heterocycles. The van der Waals surface area contributed by atoms with E-state index in [0.717, 1.165) is 16.6 Å². The predicted molar refractivity (Wildman–Crippen MR) is 71.5 cm³/mol. The van der Waals surface area contributed by atoms with Crippen molar-refractivity contribution >= 4 is 21.6 Å². The molecule has 0 aliphatic rings. The molecule has 86 valence electrons. The van der Waals surface area contributed by atoms with Crippen LogP contribution in [0.4, 0.5) is 5.69 Å². The highest BCUT2D eigenvalue weighted by Gasteiger charge is 2.06. The largest absolute Gasteiger partial charge is 0.382 e. The highest BCUT2D eigenvalue weighted by Crippen LogP contribution is 2.21. The monoisotopic (exact) mass is 280 g/mol. The third-order valence-electron chi connectivity index (χ3n) is 2.49. The summed E-state index contributed by atoms with van der Waals surface area (Å²) in [6.45, 7) is 4.34. The smallest absolute Gasteiger partial charge is 0.101 e. The van der Waals surface area contributed by atoms with E-state index < -0.39 is 0 Å². The first kappa shape index (κ1) is 13.1. The van der Waals surface area contributed by atoms with Crippen LogP contribution in [-0.2, 0) is 0 Å². The average molecular weight is 281 g/mol. The van der Waals surface area contributed by atoms with Gasteiger partial charge in [-0.1, -0.05) is 35.7 Å². The Kier molecular flexibility index (Phi) is 5.34. The standard InChI is InChI=1S/C13H17BrN2/c1-3-4-5-10(2)16-13-7-6-12(14)8-11(13)9-15/h6-8,10,16H,3-5H2,1-2H3. The number of nitrogens with zero attached hydrogens (tertiary/aromatic N) is 1. The second-order valence-corrected chi connectivity index (χ2v) is 4.90. The van der Waals surface area contributed by atoms with Crippen LogP contribution >= 0.6 is 15.9 Å². The minimum atomic E-state index is 0.410. The SMILES string of the molecule is CCCCC(C)Nc1ccc(Br)cc1C#N. The fraction of sp³-hybridized carbons (Fsp3) is 0.462. The lowest BCUT2D eigenvalue weighted by Gasteiger charge is -2.15. The van der Waals surface area contributed by atoms with E-state index in [1.165, 1.54) is 12.8 Å². The number of benzene rings is 1. The van der Waals surface area contributed by atoms with Crippen molar-refractivity contribution in [3.8, 4) is 6.07 Å². The van der Waals surface area contributed by atoms with E-state index in [-0.39, 0.29) is 0 Å². The van der Waals surface area contributed by atoms with Crippen LogP contribution in [0, 0.1) is 11.3 Å². The van der Waals surface area contributed by atoms with Crippen LogP contribution in [0.2, 0.25) is 0 Å². The van der Waals surface area contributed by atoms with Crippen LogP contribution in [0.1, 0.15) is 38.7 Å². The Balaban J connectivity index is 2.70. The van der Waals surface area contributed by atoms with Gasteiger partial charge in [0.2, 0.25) is 0 Å². The third kappa shape index (κ3) is 3.86. The summed E-state index contributed by atoms with van der Waals surface area (Å²) in [6.07, 6.45) is 3.56. The Morgan fingerprint density at radius 2 is 2.25 bits per heavy atom. The minimum Gasteiger partial charge on any atom is -0.382 e. The van der Waals surface area contributed by atoms with Crippen LogP contribution in [0.3, 0.4) is 0 Å². The maximum Gasteiger partial charge on any atom is 0.101 e. The molecule has 0 fully saturated rings. The molecule has 16 heavy (non-hydrogen) atoms. The Morgan fingerprint density at radius 1 is 1.50 bits per heavy atom. The Hall–Kier alpha value is -1.01. The molecule has 1 aromatic rings. The molecule has 2 nitrogen and oxygen atoms in total. The summed E-state index contributed by atoms with van der Waals surface area (Å²) >= 11 is 3.37. The molecule has 0 saturated heterocycles. The van der Waals surface area contributed by atoms with Crippen molar-refractivity contribution in [3.05, 3.63) is 28.2 Å². The van der Waals surface area contributed by atoms with Crippen LogP contribution in [-0.4, -0.2) is 6.04 Å². The van der Waals surface area contributed by atoms with E-state index >= 15 is 0 Å². The summed E-state index contributed by atoms with van der Waals surface area (Å²) in [5.41, 5.74) is 1.62. The van der Waals surface area contributed by atoms with Crippen molar-refractivity contribution < 1.29 is 0 Å². The summed E-state index contributed by atoms with van der Waals surface area (Å²) in [7, 11) is 0. The van der Waals surface area contributed by atoms with Gasteiger partial charge < -0.3 is 5.32 Å². The molecule has 1 atom stereocenters. The van der Waals surface area contributed by atoms with E-state index in [9.17, 15) is 0 Å². The molecule has 0 aliphatic carbocycles. The first-order valence-corrected chi connectivity index (χ1v) is 6.43. The maximum absolute atomic E-state index is 9.02. The summed E-state index contributed by atoms with van der Waals surface area (Å²) < 4.78 is 0.941. The zero-order chi connectivity index (χ0) is 12.0. The molecule has 1 N–H and O–H groups in total. The molecule has 0 bridgehead atoms. The zero-order valence-electron chi connectivity index (χ0n) is 9.76. The van der Waals surface area contributed by atoms with Crippen molar-refractivity contribution in [2.45, 2.75) is 39.2 Å². The second kappa shape index (κ2) is 6.55. The molecular formula is C13H17BrN2. The molecule has 3 heteroatoms. The first-order chi connectivity index (χ1) is 7.67. The summed E-state index contributed by atoms with van der Waals surface area (Å²) in [4.78, 5) is 0. The number of nitrogens with one attached hydrogen (secondary N) is 1. The van der Waals surface area contributed by atoms with Gasteiger partial charge in [0, 0.05) is 10.5 Å².